The van der Waals surface area contributed by atoms with Gasteiger partial charge in [-0.2, -0.15) is 0 Å². The summed E-state index contributed by atoms with van der Waals surface area (Å²) in [5.74, 6) is 0.618. The summed E-state index contributed by atoms with van der Waals surface area (Å²) < 4.78 is 0. The van der Waals surface area contributed by atoms with Crippen LogP contribution < -0.4 is 0 Å². The number of aliphatic hydroxyl groups excluding tert-OH is 1. The second kappa shape index (κ2) is 5.98. The lowest BCUT2D eigenvalue weighted by molar-refractivity contribution is 0.219. The molecule has 100 valence electrons. The van der Waals surface area contributed by atoms with E-state index in [9.17, 15) is 5.11 Å². The second-order valence-electron chi connectivity index (χ2n) is 5.48. The van der Waals surface area contributed by atoms with Crippen molar-refractivity contribution in [2.75, 3.05) is 0 Å². The molecule has 2 heteroatoms. The largest absolute Gasteiger partial charge is 0.384 e. The average Bonchev–Trinajstić information content (AvgIpc) is 2.38. The van der Waals surface area contributed by atoms with E-state index in [1.807, 2.05) is 25.1 Å². The number of nitrogens with zero attached hydrogens (tertiary/aromatic N) is 1. The summed E-state index contributed by atoms with van der Waals surface area (Å²) in [7, 11) is 0. The first-order valence-corrected chi connectivity index (χ1v) is 6.75. The summed E-state index contributed by atoms with van der Waals surface area (Å²) in [5.41, 5.74) is 4.16. The van der Waals surface area contributed by atoms with Gasteiger partial charge in [-0.25, -0.2) is 0 Å². The van der Waals surface area contributed by atoms with Crippen molar-refractivity contribution in [3.8, 4) is 0 Å². The maximum atomic E-state index is 10.5. The van der Waals surface area contributed by atoms with Gasteiger partial charge < -0.3 is 5.11 Å². The second-order valence-corrected chi connectivity index (χ2v) is 5.48. The number of hydrogen-bond acceptors (Lipinski definition) is 2. The van der Waals surface area contributed by atoms with Gasteiger partial charge in [-0.1, -0.05) is 38.1 Å². The topological polar surface area (TPSA) is 33.1 Å². The van der Waals surface area contributed by atoms with Crippen LogP contribution in [0.1, 0.15) is 42.2 Å². The molecule has 0 radical (unpaired) electrons. The highest BCUT2D eigenvalue weighted by Crippen LogP contribution is 2.25. The molecule has 0 fully saturated rings. The van der Waals surface area contributed by atoms with Crippen LogP contribution in [0.25, 0.3) is 0 Å². The fourth-order valence-electron chi connectivity index (χ4n) is 2.30. The Morgan fingerprint density at radius 1 is 1.21 bits per heavy atom. The van der Waals surface area contributed by atoms with Gasteiger partial charge in [0.05, 0.1) is 0 Å². The predicted molar refractivity (Wildman–Crippen MR) is 78.0 cm³/mol. The highest BCUT2D eigenvalue weighted by atomic mass is 16.3. The average molecular weight is 255 g/mol. The molecule has 0 saturated carbocycles. The van der Waals surface area contributed by atoms with E-state index in [0.717, 1.165) is 23.1 Å². The third kappa shape index (κ3) is 3.42. The maximum Gasteiger partial charge on any atom is 0.106 e. The first-order valence-electron chi connectivity index (χ1n) is 6.75. The van der Waals surface area contributed by atoms with Crippen molar-refractivity contribution in [1.29, 1.82) is 0 Å². The third-order valence-corrected chi connectivity index (χ3v) is 3.28. The summed E-state index contributed by atoms with van der Waals surface area (Å²) in [6, 6.07) is 10.1. The summed E-state index contributed by atoms with van der Waals surface area (Å²) in [5, 5.41) is 10.5. The lowest BCUT2D eigenvalue weighted by Crippen LogP contribution is -2.04. The van der Waals surface area contributed by atoms with E-state index in [0.29, 0.717) is 5.92 Å². The number of benzene rings is 1. The van der Waals surface area contributed by atoms with Crippen molar-refractivity contribution in [2.24, 2.45) is 5.92 Å². The molecule has 1 aromatic carbocycles. The molecule has 0 spiro atoms. The molecule has 0 saturated heterocycles. The predicted octanol–water partition coefficient (Wildman–Crippen LogP) is 3.67. The molecule has 1 atom stereocenters. The van der Waals surface area contributed by atoms with E-state index < -0.39 is 6.10 Å². The molecule has 0 bridgehead atoms. The number of aryl methyl sites for hydroxylation is 1. The molecule has 2 rings (SSSR count). The van der Waals surface area contributed by atoms with Gasteiger partial charge in [0.2, 0.25) is 0 Å². The summed E-state index contributed by atoms with van der Waals surface area (Å²) in [4.78, 5) is 4.10. The lowest BCUT2D eigenvalue weighted by Gasteiger charge is -2.15. The number of rotatable bonds is 4. The molecule has 0 amide bonds. The molecule has 0 aliphatic rings. The molecule has 1 heterocycles. The molecule has 2 aromatic rings. The first-order chi connectivity index (χ1) is 9.08. The van der Waals surface area contributed by atoms with Crippen LogP contribution in [-0.4, -0.2) is 10.1 Å². The smallest absolute Gasteiger partial charge is 0.106 e. The fraction of sp³-hybridized carbons (Fsp3) is 0.353. The highest BCUT2D eigenvalue weighted by molar-refractivity contribution is 5.35. The molecule has 1 N–H and O–H groups in total. The van der Waals surface area contributed by atoms with Crippen molar-refractivity contribution in [3.63, 3.8) is 0 Å². The molecule has 0 aliphatic heterocycles. The van der Waals surface area contributed by atoms with Gasteiger partial charge in [-0.15, -0.1) is 0 Å². The van der Waals surface area contributed by atoms with E-state index >= 15 is 0 Å². The molecule has 1 aromatic heterocycles. The van der Waals surface area contributed by atoms with E-state index in [1.165, 1.54) is 5.56 Å². The van der Waals surface area contributed by atoms with Gasteiger partial charge >= 0.3 is 0 Å². The minimum Gasteiger partial charge on any atom is -0.384 e. The van der Waals surface area contributed by atoms with Crippen LogP contribution in [0.2, 0.25) is 0 Å². The van der Waals surface area contributed by atoms with E-state index in [4.69, 9.17) is 0 Å². The third-order valence-electron chi connectivity index (χ3n) is 3.28. The van der Waals surface area contributed by atoms with Crippen LogP contribution in [0.4, 0.5) is 0 Å². The monoisotopic (exact) mass is 255 g/mol. The van der Waals surface area contributed by atoms with Crippen molar-refractivity contribution < 1.29 is 5.11 Å². The van der Waals surface area contributed by atoms with Crippen LogP contribution in [0.5, 0.6) is 0 Å². The number of hydrogen-bond donors (Lipinski definition) is 1. The Hall–Kier alpha value is -1.67. The summed E-state index contributed by atoms with van der Waals surface area (Å²) in [6.07, 6.45) is 3.93. The van der Waals surface area contributed by atoms with Crippen LogP contribution in [0.3, 0.4) is 0 Å². The van der Waals surface area contributed by atoms with E-state index in [1.54, 1.807) is 12.4 Å². The Labute approximate surface area is 115 Å². The van der Waals surface area contributed by atoms with E-state index in [2.05, 4.69) is 31.0 Å². The van der Waals surface area contributed by atoms with Crippen molar-refractivity contribution >= 4 is 0 Å². The lowest BCUT2D eigenvalue weighted by atomic mass is 9.95. The normalized spacial score (nSPS) is 12.7. The quantitative estimate of drug-likeness (QED) is 0.904. The Bertz CT molecular complexity index is 548. The fourth-order valence-corrected chi connectivity index (χ4v) is 2.30. The van der Waals surface area contributed by atoms with Gasteiger partial charge in [-0.3, -0.25) is 4.98 Å². The Kier molecular flexibility index (Phi) is 4.33. The maximum absolute atomic E-state index is 10.5. The minimum absolute atomic E-state index is 0.596. The van der Waals surface area contributed by atoms with Gasteiger partial charge in [0.15, 0.2) is 0 Å². The minimum atomic E-state index is -0.596. The van der Waals surface area contributed by atoms with Crippen LogP contribution in [0.15, 0.2) is 42.7 Å². The Balaban J connectivity index is 2.29. The van der Waals surface area contributed by atoms with Gasteiger partial charge in [0, 0.05) is 18.0 Å². The highest BCUT2D eigenvalue weighted by Gasteiger charge is 2.13. The molecular weight excluding hydrogens is 234 g/mol. The summed E-state index contributed by atoms with van der Waals surface area (Å²) >= 11 is 0. The number of aromatic nitrogens is 1. The zero-order valence-electron chi connectivity index (χ0n) is 11.8. The summed E-state index contributed by atoms with van der Waals surface area (Å²) in [6.45, 7) is 6.40. The Morgan fingerprint density at radius 3 is 2.68 bits per heavy atom. The van der Waals surface area contributed by atoms with Gasteiger partial charge in [-0.05, 0) is 42.0 Å². The number of aliphatic hydroxyl groups is 1. The van der Waals surface area contributed by atoms with Crippen LogP contribution in [-0.2, 0) is 6.42 Å². The molecule has 2 nitrogen and oxygen atoms in total. The first kappa shape index (κ1) is 13.8. The standard InChI is InChI=1S/C17H21NO/c1-12(2)9-14-5-4-6-15(10-14)17(19)16-11-18-8-7-13(16)3/h4-8,10-12,17,19H,9H2,1-3H3. The zero-order chi connectivity index (χ0) is 13.8. The SMILES string of the molecule is Cc1ccncc1C(O)c1cccc(CC(C)C)c1. The molecule has 0 aliphatic carbocycles. The van der Waals surface area contributed by atoms with Crippen molar-refractivity contribution in [2.45, 2.75) is 33.3 Å². The van der Waals surface area contributed by atoms with Crippen LogP contribution in [0, 0.1) is 12.8 Å². The van der Waals surface area contributed by atoms with Gasteiger partial charge in [0.1, 0.15) is 6.10 Å². The molecule has 1 unspecified atom stereocenters. The Morgan fingerprint density at radius 2 is 2.00 bits per heavy atom. The van der Waals surface area contributed by atoms with Gasteiger partial charge in [0.25, 0.3) is 0 Å². The molecular formula is C17H21NO. The zero-order valence-corrected chi connectivity index (χ0v) is 11.8. The number of pyridine rings is 1. The van der Waals surface area contributed by atoms with Crippen molar-refractivity contribution in [1.82, 2.24) is 4.98 Å². The van der Waals surface area contributed by atoms with Crippen LogP contribution >= 0.6 is 0 Å². The van der Waals surface area contributed by atoms with E-state index in [-0.39, 0.29) is 0 Å². The molecule has 19 heavy (non-hydrogen) atoms. The van der Waals surface area contributed by atoms with Crippen molar-refractivity contribution in [3.05, 3.63) is 65.0 Å².